The number of anilines is 2. The second-order valence-corrected chi connectivity index (χ2v) is 6.12. The summed E-state index contributed by atoms with van der Waals surface area (Å²) >= 11 is 4.52. The summed E-state index contributed by atoms with van der Waals surface area (Å²) in [6.07, 6.45) is 1.71. The molecule has 0 atom stereocenters. The van der Waals surface area contributed by atoms with Crippen LogP contribution in [0.5, 0.6) is 0 Å². The number of halogens is 1. The highest BCUT2D eigenvalue weighted by Crippen LogP contribution is 2.31. The lowest BCUT2D eigenvalue weighted by Crippen LogP contribution is -2.01. The van der Waals surface area contributed by atoms with Gasteiger partial charge in [0.25, 0.3) is 0 Å². The number of hydrogen-bond donors (Lipinski definition) is 2. The molecule has 0 unspecified atom stereocenters. The van der Waals surface area contributed by atoms with Crippen LogP contribution in [0.25, 0.3) is 10.9 Å². The van der Waals surface area contributed by atoms with Crippen LogP contribution in [-0.2, 0) is 0 Å². The fourth-order valence-corrected chi connectivity index (χ4v) is 3.21. The zero-order valence-corrected chi connectivity index (χ0v) is 13.3. The van der Waals surface area contributed by atoms with Crippen molar-refractivity contribution in [2.75, 3.05) is 5.32 Å². The van der Waals surface area contributed by atoms with E-state index < -0.39 is 5.97 Å². The van der Waals surface area contributed by atoms with E-state index in [1.54, 1.807) is 13.1 Å². The number of fused-ring (bicyclic) bond motifs is 1. The van der Waals surface area contributed by atoms with E-state index in [1.807, 2.05) is 24.3 Å². The van der Waals surface area contributed by atoms with E-state index in [1.165, 1.54) is 0 Å². The van der Waals surface area contributed by atoms with Crippen LogP contribution in [-0.4, -0.2) is 20.4 Å². The molecule has 0 spiro atoms. The monoisotopic (exact) mass is 363 g/mol. The van der Waals surface area contributed by atoms with Gasteiger partial charge in [0.05, 0.1) is 16.9 Å². The van der Waals surface area contributed by atoms with E-state index in [2.05, 4.69) is 30.6 Å². The molecule has 0 amide bonds. The number of carboxylic acids is 1. The van der Waals surface area contributed by atoms with Crippen molar-refractivity contribution in [2.45, 2.75) is 6.92 Å². The first-order chi connectivity index (χ1) is 10.1. The summed E-state index contributed by atoms with van der Waals surface area (Å²) in [4.78, 5) is 15.7. The first-order valence-electron chi connectivity index (χ1n) is 6.07. The molecule has 0 aliphatic carbocycles. The molecule has 5 nitrogen and oxygen atoms in total. The van der Waals surface area contributed by atoms with Gasteiger partial charge in [0.1, 0.15) is 10.6 Å². The summed E-state index contributed by atoms with van der Waals surface area (Å²) in [5, 5.41) is 13.9. The van der Waals surface area contributed by atoms with Gasteiger partial charge in [-0.1, -0.05) is 12.1 Å². The number of nitrogens with one attached hydrogen (secondary N) is 1. The molecular formula is C14H10BrN3O2S. The average molecular weight is 364 g/mol. The summed E-state index contributed by atoms with van der Waals surface area (Å²) in [6, 6.07) is 7.68. The first kappa shape index (κ1) is 14.0. The number of benzene rings is 1. The largest absolute Gasteiger partial charge is 0.478 e. The van der Waals surface area contributed by atoms with Crippen molar-refractivity contribution in [1.82, 2.24) is 9.36 Å². The molecule has 2 heterocycles. The topological polar surface area (TPSA) is 75.1 Å². The third kappa shape index (κ3) is 2.62. The maximum Gasteiger partial charge on any atom is 0.340 e. The minimum Gasteiger partial charge on any atom is -0.478 e. The number of aromatic carboxylic acids is 1. The number of carboxylic acid groups (broad SMARTS) is 1. The second kappa shape index (κ2) is 5.42. The zero-order chi connectivity index (χ0) is 15.0. The van der Waals surface area contributed by atoms with Gasteiger partial charge >= 0.3 is 5.97 Å². The Kier molecular flexibility index (Phi) is 3.60. The lowest BCUT2D eigenvalue weighted by molar-refractivity contribution is 0.0697. The van der Waals surface area contributed by atoms with Crippen LogP contribution < -0.4 is 5.32 Å². The van der Waals surface area contributed by atoms with Crippen LogP contribution in [0.4, 0.5) is 10.7 Å². The fraction of sp³-hybridized carbons (Fsp3) is 0.0714. The van der Waals surface area contributed by atoms with Gasteiger partial charge in [-0.15, -0.1) is 0 Å². The molecule has 21 heavy (non-hydrogen) atoms. The van der Waals surface area contributed by atoms with Gasteiger partial charge in [-0.3, -0.25) is 4.98 Å². The van der Waals surface area contributed by atoms with Crippen LogP contribution >= 0.6 is 27.5 Å². The van der Waals surface area contributed by atoms with E-state index in [9.17, 15) is 9.90 Å². The zero-order valence-electron chi connectivity index (χ0n) is 10.9. The Morgan fingerprint density at radius 1 is 1.43 bits per heavy atom. The van der Waals surface area contributed by atoms with Gasteiger partial charge in [-0.2, -0.15) is 4.37 Å². The maximum atomic E-state index is 11.3. The quantitative estimate of drug-likeness (QED) is 0.728. The predicted octanol–water partition coefficient (Wildman–Crippen LogP) is 4.20. The Labute approximate surface area is 132 Å². The molecule has 2 aromatic heterocycles. The van der Waals surface area contributed by atoms with Crippen molar-refractivity contribution < 1.29 is 9.90 Å². The number of nitrogens with zero attached hydrogens (tertiary/aromatic N) is 2. The highest BCUT2D eigenvalue weighted by Gasteiger charge is 2.18. The van der Waals surface area contributed by atoms with E-state index in [0.717, 1.165) is 32.6 Å². The molecule has 0 bridgehead atoms. The minimum absolute atomic E-state index is 0.203. The normalized spacial score (nSPS) is 10.8. The predicted molar refractivity (Wildman–Crippen MR) is 86.5 cm³/mol. The number of rotatable bonds is 3. The van der Waals surface area contributed by atoms with Crippen LogP contribution in [0.1, 0.15) is 16.1 Å². The number of pyridine rings is 1. The number of carbonyl (C=O) groups is 1. The van der Waals surface area contributed by atoms with Crippen molar-refractivity contribution in [2.24, 2.45) is 0 Å². The number of hydrogen-bond acceptors (Lipinski definition) is 5. The molecule has 3 aromatic rings. The third-order valence-electron chi connectivity index (χ3n) is 3.00. The summed E-state index contributed by atoms with van der Waals surface area (Å²) in [7, 11) is 0. The Balaban J connectivity index is 2.09. The van der Waals surface area contributed by atoms with Gasteiger partial charge in [-0.05, 0) is 46.5 Å². The molecule has 0 aliphatic heterocycles. The lowest BCUT2D eigenvalue weighted by atomic mass is 10.2. The van der Waals surface area contributed by atoms with Gasteiger partial charge < -0.3 is 10.4 Å². The SMILES string of the molecule is Cc1nsc(Nc2cccc3cc(Br)cnc23)c1C(=O)O. The summed E-state index contributed by atoms with van der Waals surface area (Å²) in [5.41, 5.74) is 2.24. The molecule has 3 rings (SSSR count). The van der Waals surface area contributed by atoms with Crippen LogP contribution in [0.2, 0.25) is 0 Å². The average Bonchev–Trinajstić information content (AvgIpc) is 2.79. The Morgan fingerprint density at radius 3 is 3.00 bits per heavy atom. The standard InChI is InChI=1S/C14H10BrN3O2S/c1-7-11(14(19)20)13(21-18-7)17-10-4-2-3-8-5-9(15)6-16-12(8)10/h2-6,17H,1H3,(H,19,20). The highest BCUT2D eigenvalue weighted by atomic mass is 79.9. The van der Waals surface area contributed by atoms with Crippen LogP contribution in [0, 0.1) is 6.92 Å². The van der Waals surface area contributed by atoms with Crippen molar-refractivity contribution in [3.05, 3.63) is 46.2 Å². The first-order valence-corrected chi connectivity index (χ1v) is 7.64. The van der Waals surface area contributed by atoms with Crippen molar-refractivity contribution in [3.63, 3.8) is 0 Å². The van der Waals surface area contributed by atoms with Crippen molar-refractivity contribution in [1.29, 1.82) is 0 Å². The number of aryl methyl sites for hydroxylation is 1. The Hall–Kier alpha value is -1.99. The molecule has 0 fully saturated rings. The van der Waals surface area contributed by atoms with Crippen molar-refractivity contribution in [3.8, 4) is 0 Å². The number of para-hydroxylation sites is 1. The molecule has 106 valence electrons. The van der Waals surface area contributed by atoms with Crippen molar-refractivity contribution >= 4 is 55.0 Å². The minimum atomic E-state index is -0.986. The lowest BCUT2D eigenvalue weighted by Gasteiger charge is -2.08. The Bertz CT molecular complexity index is 847. The summed E-state index contributed by atoms with van der Waals surface area (Å²) in [6.45, 7) is 1.68. The Morgan fingerprint density at radius 2 is 2.24 bits per heavy atom. The molecule has 1 aromatic carbocycles. The van der Waals surface area contributed by atoms with Gasteiger partial charge in [0.15, 0.2) is 0 Å². The number of aromatic nitrogens is 2. The van der Waals surface area contributed by atoms with Gasteiger partial charge in [0, 0.05) is 16.1 Å². The molecule has 0 radical (unpaired) electrons. The fourth-order valence-electron chi connectivity index (χ4n) is 2.06. The van der Waals surface area contributed by atoms with E-state index >= 15 is 0 Å². The van der Waals surface area contributed by atoms with E-state index in [0.29, 0.717) is 10.7 Å². The van der Waals surface area contributed by atoms with E-state index in [-0.39, 0.29) is 5.56 Å². The third-order valence-corrected chi connectivity index (χ3v) is 4.29. The highest BCUT2D eigenvalue weighted by molar-refractivity contribution is 9.10. The summed E-state index contributed by atoms with van der Waals surface area (Å²) in [5.74, 6) is -0.986. The molecule has 0 saturated carbocycles. The molecule has 0 aliphatic rings. The molecule has 0 saturated heterocycles. The van der Waals surface area contributed by atoms with Crippen LogP contribution in [0.15, 0.2) is 34.9 Å². The maximum absolute atomic E-state index is 11.3. The van der Waals surface area contributed by atoms with Gasteiger partial charge in [0.2, 0.25) is 0 Å². The summed E-state index contributed by atoms with van der Waals surface area (Å²) < 4.78 is 4.99. The molecular weight excluding hydrogens is 354 g/mol. The smallest absolute Gasteiger partial charge is 0.340 e. The second-order valence-electron chi connectivity index (χ2n) is 4.43. The van der Waals surface area contributed by atoms with Gasteiger partial charge in [-0.25, -0.2) is 4.79 Å². The molecule has 7 heteroatoms. The van der Waals surface area contributed by atoms with E-state index in [4.69, 9.17) is 0 Å². The van der Waals surface area contributed by atoms with Crippen LogP contribution in [0.3, 0.4) is 0 Å². The molecule has 2 N–H and O–H groups in total.